The van der Waals surface area contributed by atoms with Gasteiger partial charge in [0.1, 0.15) is 22.9 Å². The van der Waals surface area contributed by atoms with Gasteiger partial charge in [0.25, 0.3) is 0 Å². The molecule has 0 aliphatic rings. The molecule has 0 fully saturated rings. The fraction of sp³-hybridized carbons (Fsp3) is 0.167. The van der Waals surface area contributed by atoms with Gasteiger partial charge in [-0.1, -0.05) is 23.2 Å². The minimum atomic E-state index is 0.179. The van der Waals surface area contributed by atoms with Crippen molar-refractivity contribution >= 4 is 41.0 Å². The number of benzene rings is 1. The largest absolute Gasteiger partial charge is 0.493 e. The van der Waals surface area contributed by atoms with Crippen molar-refractivity contribution in [3.63, 3.8) is 0 Å². The normalized spacial score (nSPS) is 10.3. The van der Waals surface area contributed by atoms with Crippen LogP contribution in [0.3, 0.4) is 0 Å². The molecule has 1 heterocycles. The van der Waals surface area contributed by atoms with Crippen molar-refractivity contribution in [2.24, 2.45) is 0 Å². The number of halogens is 2. The van der Waals surface area contributed by atoms with Crippen molar-refractivity contribution in [3.05, 3.63) is 38.8 Å². The number of methoxy groups -OCH3 is 1. The lowest BCUT2D eigenvalue weighted by Gasteiger charge is -2.10. The Bertz CT molecular complexity index is 601. The van der Waals surface area contributed by atoms with Crippen LogP contribution < -0.4 is 9.47 Å². The van der Waals surface area contributed by atoms with E-state index in [4.69, 9.17) is 32.7 Å². The van der Waals surface area contributed by atoms with Gasteiger partial charge in [0.2, 0.25) is 0 Å². The predicted molar refractivity (Wildman–Crippen MR) is 74.8 cm³/mol. The summed E-state index contributed by atoms with van der Waals surface area (Å²) in [5.41, 5.74) is 1.08. The number of ether oxygens (including phenoxy) is 2. The average Bonchev–Trinajstić information content (AvgIpc) is 2.76. The molecule has 0 aliphatic heterocycles. The molecule has 0 radical (unpaired) electrons. The second-order valence-corrected chi connectivity index (χ2v) is 5.29. The van der Waals surface area contributed by atoms with Crippen molar-refractivity contribution in [2.45, 2.75) is 6.61 Å². The molecule has 0 spiro atoms. The number of aldehydes is 1. The van der Waals surface area contributed by atoms with E-state index in [0.29, 0.717) is 32.1 Å². The summed E-state index contributed by atoms with van der Waals surface area (Å²) in [7, 11) is 1.50. The van der Waals surface area contributed by atoms with Crippen LogP contribution in [0.15, 0.2) is 18.2 Å². The third-order valence-corrected chi connectivity index (χ3v) is 4.04. The van der Waals surface area contributed by atoms with Crippen molar-refractivity contribution in [1.29, 1.82) is 0 Å². The highest BCUT2D eigenvalue weighted by Crippen LogP contribution is 2.32. The third-order valence-electron chi connectivity index (χ3n) is 2.35. The van der Waals surface area contributed by atoms with Gasteiger partial charge >= 0.3 is 0 Å². The molecule has 0 amide bonds. The molecule has 19 heavy (non-hydrogen) atoms. The van der Waals surface area contributed by atoms with Gasteiger partial charge in [0, 0.05) is 5.56 Å². The van der Waals surface area contributed by atoms with Crippen LogP contribution in [0.5, 0.6) is 11.5 Å². The lowest BCUT2D eigenvalue weighted by molar-refractivity contribution is 0.112. The monoisotopic (exact) mass is 317 g/mol. The van der Waals surface area contributed by atoms with Gasteiger partial charge in [-0.05, 0) is 29.7 Å². The zero-order chi connectivity index (χ0) is 13.8. The first-order chi connectivity index (χ1) is 9.15. The van der Waals surface area contributed by atoms with Gasteiger partial charge in [-0.3, -0.25) is 4.79 Å². The van der Waals surface area contributed by atoms with Crippen LogP contribution in [-0.2, 0) is 6.61 Å². The SMILES string of the molecule is COc1cc(C=O)ccc1OCc1nsc(Cl)c1Cl. The number of hydrogen-bond acceptors (Lipinski definition) is 5. The average molecular weight is 318 g/mol. The smallest absolute Gasteiger partial charge is 0.161 e. The molecule has 1 aromatic carbocycles. The predicted octanol–water partition coefficient (Wildman–Crippen LogP) is 3.85. The van der Waals surface area contributed by atoms with Crippen LogP contribution >= 0.6 is 34.7 Å². The minimum Gasteiger partial charge on any atom is -0.493 e. The summed E-state index contributed by atoms with van der Waals surface area (Å²) in [4.78, 5) is 10.7. The molecule has 7 heteroatoms. The number of rotatable bonds is 5. The van der Waals surface area contributed by atoms with Gasteiger partial charge in [0.05, 0.1) is 12.1 Å². The Morgan fingerprint density at radius 1 is 1.37 bits per heavy atom. The summed E-state index contributed by atoms with van der Waals surface area (Å²) in [6, 6.07) is 4.89. The Kier molecular flexibility index (Phi) is 4.63. The molecule has 4 nitrogen and oxygen atoms in total. The van der Waals surface area contributed by atoms with Crippen LogP contribution in [0, 0.1) is 0 Å². The highest BCUT2D eigenvalue weighted by molar-refractivity contribution is 7.11. The Morgan fingerprint density at radius 3 is 2.74 bits per heavy atom. The summed E-state index contributed by atoms with van der Waals surface area (Å²) in [5.74, 6) is 0.982. The molecule has 100 valence electrons. The maximum Gasteiger partial charge on any atom is 0.161 e. The molecule has 2 rings (SSSR count). The van der Waals surface area contributed by atoms with Crippen molar-refractivity contribution in [1.82, 2.24) is 4.37 Å². The molecule has 1 aromatic heterocycles. The van der Waals surface area contributed by atoms with E-state index in [-0.39, 0.29) is 6.61 Å². The van der Waals surface area contributed by atoms with E-state index in [9.17, 15) is 4.79 Å². The molecule has 0 unspecified atom stereocenters. The topological polar surface area (TPSA) is 48.4 Å². The molecule has 0 atom stereocenters. The van der Waals surface area contributed by atoms with Crippen LogP contribution in [0.4, 0.5) is 0 Å². The number of nitrogens with zero attached hydrogens (tertiary/aromatic N) is 1. The van der Waals surface area contributed by atoms with Crippen molar-refractivity contribution < 1.29 is 14.3 Å². The first-order valence-electron chi connectivity index (χ1n) is 5.21. The minimum absolute atomic E-state index is 0.179. The summed E-state index contributed by atoms with van der Waals surface area (Å²) in [6.07, 6.45) is 0.739. The zero-order valence-corrected chi connectivity index (χ0v) is 12.2. The second-order valence-electron chi connectivity index (χ2n) is 3.53. The van der Waals surface area contributed by atoms with Gasteiger partial charge in [-0.2, -0.15) is 4.37 Å². The van der Waals surface area contributed by atoms with E-state index in [2.05, 4.69) is 4.37 Å². The van der Waals surface area contributed by atoms with Crippen LogP contribution in [0.1, 0.15) is 16.1 Å². The summed E-state index contributed by atoms with van der Waals surface area (Å²) in [5, 5.41) is 0.398. The first kappa shape index (κ1) is 14.1. The Morgan fingerprint density at radius 2 is 2.16 bits per heavy atom. The van der Waals surface area contributed by atoms with E-state index in [1.54, 1.807) is 18.2 Å². The Balaban J connectivity index is 2.15. The molecule has 0 N–H and O–H groups in total. The van der Waals surface area contributed by atoms with E-state index in [0.717, 1.165) is 17.8 Å². The fourth-order valence-electron chi connectivity index (χ4n) is 1.40. The molecule has 2 aromatic rings. The van der Waals surface area contributed by atoms with Crippen LogP contribution in [0.2, 0.25) is 9.36 Å². The van der Waals surface area contributed by atoms with Crippen molar-refractivity contribution in [3.8, 4) is 11.5 Å². The fourth-order valence-corrected chi connectivity index (χ4v) is 2.40. The standard InChI is InChI=1S/C12H9Cl2NO3S/c1-17-10-4-7(5-16)2-3-9(10)18-6-8-11(13)12(14)19-15-8/h2-5H,6H2,1H3. The quantitative estimate of drug-likeness (QED) is 0.786. The van der Waals surface area contributed by atoms with Gasteiger partial charge in [0.15, 0.2) is 11.5 Å². The molecule has 0 aliphatic carbocycles. The zero-order valence-electron chi connectivity index (χ0n) is 9.85. The van der Waals surface area contributed by atoms with Gasteiger partial charge in [-0.15, -0.1) is 0 Å². The van der Waals surface area contributed by atoms with E-state index in [1.165, 1.54) is 7.11 Å². The van der Waals surface area contributed by atoms with E-state index >= 15 is 0 Å². The first-order valence-corrected chi connectivity index (χ1v) is 6.74. The van der Waals surface area contributed by atoms with Crippen molar-refractivity contribution in [2.75, 3.05) is 7.11 Å². The molecular formula is C12H9Cl2NO3S. The Hall–Kier alpha value is -1.30. The van der Waals surface area contributed by atoms with Crippen LogP contribution in [-0.4, -0.2) is 17.8 Å². The number of aromatic nitrogens is 1. The highest BCUT2D eigenvalue weighted by atomic mass is 35.5. The molecule has 0 saturated carbocycles. The highest BCUT2D eigenvalue weighted by Gasteiger charge is 2.12. The molecule has 0 bridgehead atoms. The third kappa shape index (κ3) is 3.18. The lowest BCUT2D eigenvalue weighted by Crippen LogP contribution is -1.99. The number of carbonyl (C=O) groups excluding carboxylic acids is 1. The van der Waals surface area contributed by atoms with E-state index in [1.807, 2.05) is 0 Å². The molecule has 0 saturated heterocycles. The maximum atomic E-state index is 10.7. The Labute approximate surface area is 124 Å². The lowest BCUT2D eigenvalue weighted by atomic mass is 10.2. The summed E-state index contributed by atoms with van der Waals surface area (Å²) < 4.78 is 15.2. The van der Waals surface area contributed by atoms with E-state index < -0.39 is 0 Å². The number of carbonyl (C=O) groups is 1. The maximum absolute atomic E-state index is 10.7. The second kappa shape index (κ2) is 6.23. The molecular weight excluding hydrogens is 309 g/mol. The number of hydrogen-bond donors (Lipinski definition) is 0. The van der Waals surface area contributed by atoms with Crippen LogP contribution in [0.25, 0.3) is 0 Å². The summed E-state index contributed by atoms with van der Waals surface area (Å²) in [6.45, 7) is 0.179. The van der Waals surface area contributed by atoms with Gasteiger partial charge in [-0.25, -0.2) is 0 Å². The summed E-state index contributed by atoms with van der Waals surface area (Å²) >= 11 is 12.9. The van der Waals surface area contributed by atoms with Gasteiger partial charge < -0.3 is 9.47 Å².